The number of hydrogen-bond donors (Lipinski definition) is 2. The number of halogens is 1. The Hall–Kier alpha value is -0.570. The predicted molar refractivity (Wildman–Crippen MR) is 80.3 cm³/mol. The number of rotatable bonds is 2. The van der Waals surface area contributed by atoms with Crippen LogP contribution in [0.4, 0.5) is 0 Å². The molecule has 0 aliphatic rings. The van der Waals surface area contributed by atoms with E-state index in [1.807, 2.05) is 20.8 Å². The Balaban J connectivity index is 0.00000289. The number of aliphatic hydroxyl groups is 1. The molecule has 0 spiro atoms. The maximum absolute atomic E-state index is 10.3. The first-order valence-corrected chi connectivity index (χ1v) is 6.16. The molecule has 0 bridgehead atoms. The molecule has 0 aliphatic heterocycles. The Morgan fingerprint density at radius 1 is 1.06 bits per heavy atom. The molecule has 2 nitrogen and oxygen atoms in total. The van der Waals surface area contributed by atoms with Gasteiger partial charge in [-0.1, -0.05) is 38.5 Å². The summed E-state index contributed by atoms with van der Waals surface area (Å²) in [5.41, 5.74) is 10.7. The maximum atomic E-state index is 10.3. The normalized spacial score (nSPS) is 14.9. The Morgan fingerprint density at radius 3 is 1.78 bits per heavy atom. The van der Waals surface area contributed by atoms with E-state index in [0.29, 0.717) is 0 Å². The molecule has 2 atom stereocenters. The molecule has 0 heterocycles. The van der Waals surface area contributed by atoms with Crippen molar-refractivity contribution < 1.29 is 5.11 Å². The predicted octanol–water partition coefficient (Wildman–Crippen LogP) is 3.44. The molecule has 0 aromatic heterocycles. The Kier molecular flexibility index (Phi) is 5.86. The SMILES string of the molecule is Cc1cc(C)c([C@H](N)[C@H](O)C(C)(C)C)c(C)c1.Cl. The summed E-state index contributed by atoms with van der Waals surface area (Å²) >= 11 is 0. The van der Waals surface area contributed by atoms with Gasteiger partial charge in [-0.15, -0.1) is 12.4 Å². The third-order valence-corrected chi connectivity index (χ3v) is 3.30. The highest BCUT2D eigenvalue weighted by molar-refractivity contribution is 5.85. The molecule has 0 amide bonds. The van der Waals surface area contributed by atoms with Gasteiger partial charge in [0.05, 0.1) is 12.1 Å². The second-order valence-electron chi connectivity index (χ2n) is 6.15. The van der Waals surface area contributed by atoms with Gasteiger partial charge in [0.2, 0.25) is 0 Å². The third-order valence-electron chi connectivity index (χ3n) is 3.30. The highest BCUT2D eigenvalue weighted by atomic mass is 35.5. The molecule has 104 valence electrons. The van der Waals surface area contributed by atoms with Crippen molar-refractivity contribution in [2.75, 3.05) is 0 Å². The topological polar surface area (TPSA) is 46.2 Å². The molecule has 1 aromatic rings. The van der Waals surface area contributed by atoms with Gasteiger partial charge in [0.1, 0.15) is 0 Å². The summed E-state index contributed by atoms with van der Waals surface area (Å²) in [7, 11) is 0. The average molecular weight is 272 g/mol. The van der Waals surface area contributed by atoms with Crippen molar-refractivity contribution in [3.63, 3.8) is 0 Å². The van der Waals surface area contributed by atoms with Crippen LogP contribution in [-0.4, -0.2) is 11.2 Å². The number of nitrogens with two attached hydrogens (primary N) is 1. The van der Waals surface area contributed by atoms with Crippen LogP contribution in [0.3, 0.4) is 0 Å². The number of aryl methyl sites for hydroxylation is 3. The van der Waals surface area contributed by atoms with E-state index < -0.39 is 6.10 Å². The van der Waals surface area contributed by atoms with E-state index in [1.54, 1.807) is 0 Å². The molecule has 0 radical (unpaired) electrons. The second kappa shape index (κ2) is 6.05. The van der Waals surface area contributed by atoms with Crippen molar-refractivity contribution in [2.24, 2.45) is 11.1 Å². The van der Waals surface area contributed by atoms with Crippen LogP contribution in [0.25, 0.3) is 0 Å². The summed E-state index contributed by atoms with van der Waals surface area (Å²) in [6.07, 6.45) is -0.539. The van der Waals surface area contributed by atoms with Crippen molar-refractivity contribution in [2.45, 2.75) is 53.7 Å². The van der Waals surface area contributed by atoms with Crippen LogP contribution < -0.4 is 5.73 Å². The molecule has 0 saturated heterocycles. The number of hydrogen-bond acceptors (Lipinski definition) is 2. The van der Waals surface area contributed by atoms with Gasteiger partial charge in [-0.05, 0) is 42.9 Å². The van der Waals surface area contributed by atoms with Crippen LogP contribution in [0.2, 0.25) is 0 Å². The average Bonchev–Trinajstić information content (AvgIpc) is 2.13. The van der Waals surface area contributed by atoms with Gasteiger partial charge in [-0.3, -0.25) is 0 Å². The molecule has 3 N–H and O–H groups in total. The minimum atomic E-state index is -0.539. The summed E-state index contributed by atoms with van der Waals surface area (Å²) in [6.45, 7) is 12.2. The minimum absolute atomic E-state index is 0. The molecule has 0 unspecified atom stereocenters. The van der Waals surface area contributed by atoms with E-state index in [9.17, 15) is 5.11 Å². The van der Waals surface area contributed by atoms with Gasteiger partial charge in [0, 0.05) is 0 Å². The molecule has 1 rings (SSSR count). The van der Waals surface area contributed by atoms with Gasteiger partial charge >= 0.3 is 0 Å². The van der Waals surface area contributed by atoms with E-state index >= 15 is 0 Å². The first-order chi connectivity index (χ1) is 7.64. The third kappa shape index (κ3) is 3.71. The summed E-state index contributed by atoms with van der Waals surface area (Å²) in [5, 5.41) is 10.3. The van der Waals surface area contributed by atoms with Gasteiger partial charge in [-0.25, -0.2) is 0 Å². The zero-order valence-electron chi connectivity index (χ0n) is 12.2. The quantitative estimate of drug-likeness (QED) is 0.866. The van der Waals surface area contributed by atoms with Crippen molar-refractivity contribution in [1.29, 1.82) is 0 Å². The van der Waals surface area contributed by atoms with E-state index in [-0.39, 0.29) is 23.9 Å². The van der Waals surface area contributed by atoms with Crippen LogP contribution in [0.5, 0.6) is 0 Å². The van der Waals surface area contributed by atoms with E-state index in [0.717, 1.165) is 5.56 Å². The van der Waals surface area contributed by atoms with Crippen LogP contribution in [0.1, 0.15) is 49.1 Å². The smallest absolute Gasteiger partial charge is 0.0781 e. The largest absolute Gasteiger partial charge is 0.391 e. The zero-order chi connectivity index (χ0) is 13.4. The van der Waals surface area contributed by atoms with Crippen molar-refractivity contribution in [3.8, 4) is 0 Å². The van der Waals surface area contributed by atoms with Gasteiger partial charge in [0.25, 0.3) is 0 Å². The number of benzene rings is 1. The Morgan fingerprint density at radius 2 is 1.44 bits per heavy atom. The fourth-order valence-corrected chi connectivity index (χ4v) is 2.41. The molecule has 0 saturated carbocycles. The molecular formula is C15H26ClNO. The van der Waals surface area contributed by atoms with Crippen molar-refractivity contribution >= 4 is 12.4 Å². The number of aliphatic hydroxyl groups excluding tert-OH is 1. The molecule has 1 aromatic carbocycles. The lowest BCUT2D eigenvalue weighted by molar-refractivity contribution is 0.0398. The van der Waals surface area contributed by atoms with Crippen LogP contribution in [-0.2, 0) is 0 Å². The van der Waals surface area contributed by atoms with Gasteiger partial charge in [0.15, 0.2) is 0 Å². The van der Waals surface area contributed by atoms with Crippen molar-refractivity contribution in [1.82, 2.24) is 0 Å². The van der Waals surface area contributed by atoms with Crippen LogP contribution >= 0.6 is 12.4 Å². The van der Waals surface area contributed by atoms with Crippen molar-refractivity contribution in [3.05, 3.63) is 34.4 Å². The summed E-state index contributed by atoms with van der Waals surface area (Å²) in [4.78, 5) is 0. The van der Waals surface area contributed by atoms with E-state index in [4.69, 9.17) is 5.73 Å². The van der Waals surface area contributed by atoms with Gasteiger partial charge in [-0.2, -0.15) is 0 Å². The summed E-state index contributed by atoms with van der Waals surface area (Å²) < 4.78 is 0. The summed E-state index contributed by atoms with van der Waals surface area (Å²) in [5.74, 6) is 0. The lowest BCUT2D eigenvalue weighted by Crippen LogP contribution is -2.37. The first kappa shape index (κ1) is 17.4. The second-order valence-corrected chi connectivity index (χ2v) is 6.15. The van der Waals surface area contributed by atoms with E-state index in [1.165, 1.54) is 16.7 Å². The lowest BCUT2D eigenvalue weighted by Gasteiger charge is -2.32. The molecular weight excluding hydrogens is 246 g/mol. The Bertz CT molecular complexity index is 386. The first-order valence-electron chi connectivity index (χ1n) is 6.16. The monoisotopic (exact) mass is 271 g/mol. The molecule has 0 aliphatic carbocycles. The van der Waals surface area contributed by atoms with Crippen LogP contribution in [0, 0.1) is 26.2 Å². The molecule has 18 heavy (non-hydrogen) atoms. The van der Waals surface area contributed by atoms with Gasteiger partial charge < -0.3 is 10.8 Å². The van der Waals surface area contributed by atoms with E-state index in [2.05, 4.69) is 32.9 Å². The fraction of sp³-hybridized carbons (Fsp3) is 0.600. The fourth-order valence-electron chi connectivity index (χ4n) is 2.41. The highest BCUT2D eigenvalue weighted by Gasteiger charge is 2.30. The summed E-state index contributed by atoms with van der Waals surface area (Å²) in [6, 6.07) is 3.92. The standard InChI is InChI=1S/C15H25NO.ClH/c1-9-7-10(2)12(11(3)8-9)13(16)14(17)15(4,5)6;/h7-8,13-14,17H,16H2,1-6H3;1H/t13-,14-;/m0./s1. The zero-order valence-corrected chi connectivity index (χ0v) is 13.1. The Labute approximate surface area is 117 Å². The lowest BCUT2D eigenvalue weighted by atomic mass is 9.80. The minimum Gasteiger partial charge on any atom is -0.391 e. The maximum Gasteiger partial charge on any atom is 0.0781 e. The highest BCUT2D eigenvalue weighted by Crippen LogP contribution is 2.32. The van der Waals surface area contributed by atoms with Crippen LogP contribution in [0.15, 0.2) is 12.1 Å². The molecule has 0 fully saturated rings. The molecule has 3 heteroatoms.